The third-order valence-corrected chi connectivity index (χ3v) is 5.55. The second-order valence-electron chi connectivity index (χ2n) is 8.72. The quantitative estimate of drug-likeness (QED) is 0.357. The third kappa shape index (κ3) is 8.80. The molecule has 0 radical (unpaired) electrons. The van der Waals surface area contributed by atoms with Gasteiger partial charge in [-0.15, -0.1) is 0 Å². The van der Waals surface area contributed by atoms with Gasteiger partial charge in [0.1, 0.15) is 17.4 Å². The number of hydrogen-bond acceptors (Lipinski definition) is 8. The molecule has 1 saturated heterocycles. The maximum absolute atomic E-state index is 12.9. The van der Waals surface area contributed by atoms with Crippen molar-refractivity contribution in [2.24, 2.45) is 0 Å². The van der Waals surface area contributed by atoms with Gasteiger partial charge in [-0.1, -0.05) is 48.8 Å². The van der Waals surface area contributed by atoms with E-state index >= 15 is 0 Å². The van der Waals surface area contributed by atoms with E-state index in [-0.39, 0.29) is 24.5 Å². The standard InChI is InChI=1S/C24H30N4O7.C2H6/c1-14-5-7-16(8-6-14)10-17(21(30)24(3)13-34-24)26-20(29)11-25-22(31)19(12-33-4)27-23(32)18-9-15(2)35-28-18;1-2/h5-9,17,19H,10-13H2,1-4H3,(H,25,31)(H,26,29)(H,27,32);1-2H3/t17-,19-,24+;/m0./s1. The number of benzene rings is 1. The number of hydrogen-bond donors (Lipinski definition) is 3. The molecule has 2 heterocycles. The Balaban J connectivity index is 0.00000235. The molecule has 1 aliphatic rings. The molecule has 2 aromatic rings. The number of ether oxygens (including phenoxy) is 2. The molecule has 3 amide bonds. The molecule has 1 fully saturated rings. The number of carbonyl (C=O) groups is 4. The maximum Gasteiger partial charge on any atom is 0.274 e. The van der Waals surface area contributed by atoms with Crippen LogP contribution in [0.3, 0.4) is 0 Å². The Morgan fingerprint density at radius 1 is 1.08 bits per heavy atom. The van der Waals surface area contributed by atoms with Crippen molar-refractivity contribution in [1.29, 1.82) is 0 Å². The average molecular weight is 517 g/mol. The number of rotatable bonds is 12. The summed E-state index contributed by atoms with van der Waals surface area (Å²) in [5.74, 6) is -1.59. The van der Waals surface area contributed by atoms with Crippen LogP contribution in [0.4, 0.5) is 0 Å². The minimum absolute atomic E-state index is 0.0161. The average Bonchev–Trinajstić information content (AvgIpc) is 3.49. The van der Waals surface area contributed by atoms with Crippen molar-refractivity contribution in [3.05, 3.63) is 52.9 Å². The van der Waals surface area contributed by atoms with Crippen molar-refractivity contribution >= 4 is 23.5 Å². The van der Waals surface area contributed by atoms with E-state index in [1.165, 1.54) is 13.2 Å². The molecule has 1 aliphatic heterocycles. The summed E-state index contributed by atoms with van der Waals surface area (Å²) in [7, 11) is 1.38. The van der Waals surface area contributed by atoms with E-state index in [2.05, 4.69) is 21.1 Å². The monoisotopic (exact) mass is 516 g/mol. The summed E-state index contributed by atoms with van der Waals surface area (Å²) in [5.41, 5.74) is 1.06. The van der Waals surface area contributed by atoms with Crippen molar-refractivity contribution in [3.63, 3.8) is 0 Å². The Bertz CT molecular complexity index is 1080. The van der Waals surface area contributed by atoms with Gasteiger partial charge in [-0.2, -0.15) is 0 Å². The van der Waals surface area contributed by atoms with Crippen LogP contribution in [0.15, 0.2) is 34.9 Å². The Hall–Kier alpha value is -3.57. The molecular weight excluding hydrogens is 480 g/mol. The summed E-state index contributed by atoms with van der Waals surface area (Å²) in [4.78, 5) is 50.4. The summed E-state index contributed by atoms with van der Waals surface area (Å²) in [5, 5.41) is 11.3. The molecule has 37 heavy (non-hydrogen) atoms. The molecule has 1 aromatic heterocycles. The van der Waals surface area contributed by atoms with Gasteiger partial charge in [-0.05, 0) is 32.8 Å². The van der Waals surface area contributed by atoms with Crippen LogP contribution < -0.4 is 16.0 Å². The first-order valence-corrected chi connectivity index (χ1v) is 12.2. The van der Waals surface area contributed by atoms with E-state index in [1.807, 2.05) is 45.0 Å². The molecule has 3 N–H and O–H groups in total. The fourth-order valence-electron chi connectivity index (χ4n) is 3.38. The molecule has 11 heteroatoms. The number of amides is 3. The van der Waals surface area contributed by atoms with Crippen LogP contribution in [0.2, 0.25) is 0 Å². The summed E-state index contributed by atoms with van der Waals surface area (Å²) in [6.45, 7) is 9.05. The number of carbonyl (C=O) groups excluding carboxylic acids is 4. The number of nitrogens with one attached hydrogen (secondary N) is 3. The molecule has 0 bridgehead atoms. The van der Waals surface area contributed by atoms with E-state index in [4.69, 9.17) is 14.0 Å². The number of methoxy groups -OCH3 is 1. The molecule has 0 aliphatic carbocycles. The van der Waals surface area contributed by atoms with Crippen molar-refractivity contribution < 1.29 is 33.2 Å². The normalized spacial score (nSPS) is 17.5. The second-order valence-corrected chi connectivity index (χ2v) is 8.72. The third-order valence-electron chi connectivity index (χ3n) is 5.55. The molecule has 202 valence electrons. The fraction of sp³-hybridized carbons (Fsp3) is 0.500. The lowest BCUT2D eigenvalue weighted by molar-refractivity contribution is -0.131. The Labute approximate surface area is 216 Å². The van der Waals surface area contributed by atoms with E-state index in [0.29, 0.717) is 12.4 Å². The molecule has 0 unspecified atom stereocenters. The number of aryl methyl sites for hydroxylation is 2. The highest BCUT2D eigenvalue weighted by molar-refractivity contribution is 5.98. The lowest BCUT2D eigenvalue weighted by atomic mass is 9.94. The van der Waals surface area contributed by atoms with Gasteiger partial charge in [0, 0.05) is 13.2 Å². The molecule has 0 saturated carbocycles. The first kappa shape index (κ1) is 29.7. The predicted molar refractivity (Wildman–Crippen MR) is 135 cm³/mol. The van der Waals surface area contributed by atoms with Crippen molar-refractivity contribution in [3.8, 4) is 0 Å². The van der Waals surface area contributed by atoms with E-state index in [0.717, 1.165) is 11.1 Å². The van der Waals surface area contributed by atoms with Crippen LogP contribution in [-0.2, 0) is 30.3 Å². The highest BCUT2D eigenvalue weighted by atomic mass is 16.6. The van der Waals surface area contributed by atoms with Crippen LogP contribution >= 0.6 is 0 Å². The van der Waals surface area contributed by atoms with E-state index < -0.39 is 42.0 Å². The smallest absolute Gasteiger partial charge is 0.274 e. The summed E-state index contributed by atoms with van der Waals surface area (Å²) < 4.78 is 15.2. The maximum atomic E-state index is 12.9. The molecule has 1 aromatic carbocycles. The molecule has 3 atom stereocenters. The lowest BCUT2D eigenvalue weighted by Crippen LogP contribution is -2.53. The van der Waals surface area contributed by atoms with Gasteiger partial charge in [0.2, 0.25) is 11.8 Å². The van der Waals surface area contributed by atoms with Gasteiger partial charge in [0.05, 0.1) is 25.8 Å². The molecule has 3 rings (SSSR count). The Morgan fingerprint density at radius 2 is 1.73 bits per heavy atom. The van der Waals surface area contributed by atoms with Crippen molar-refractivity contribution in [2.75, 3.05) is 26.9 Å². The lowest BCUT2D eigenvalue weighted by Gasteiger charge is -2.21. The summed E-state index contributed by atoms with van der Waals surface area (Å²) >= 11 is 0. The zero-order valence-corrected chi connectivity index (χ0v) is 22.2. The van der Waals surface area contributed by atoms with Crippen LogP contribution in [0.25, 0.3) is 0 Å². The minimum atomic E-state index is -1.07. The largest absolute Gasteiger partial charge is 0.382 e. The Kier molecular flexibility index (Phi) is 10.9. The van der Waals surface area contributed by atoms with Gasteiger partial charge in [-0.25, -0.2) is 0 Å². The number of Topliss-reactive ketones (excluding diaryl/α,β-unsaturated/α-hetero) is 1. The van der Waals surface area contributed by atoms with Crippen molar-refractivity contribution in [1.82, 2.24) is 21.1 Å². The van der Waals surface area contributed by atoms with Crippen LogP contribution in [0, 0.1) is 13.8 Å². The SMILES string of the molecule is CC.COC[C@H](NC(=O)c1cc(C)on1)C(=O)NCC(=O)N[C@@H](Cc1ccc(C)cc1)C(=O)[C@@]1(C)CO1. The Morgan fingerprint density at radius 3 is 2.27 bits per heavy atom. The molecule has 11 nitrogen and oxygen atoms in total. The highest BCUT2D eigenvalue weighted by Crippen LogP contribution is 2.29. The van der Waals surface area contributed by atoms with Crippen LogP contribution in [0.1, 0.15) is 48.1 Å². The first-order chi connectivity index (χ1) is 17.6. The summed E-state index contributed by atoms with van der Waals surface area (Å²) in [6.07, 6.45) is 0.289. The van der Waals surface area contributed by atoms with Crippen LogP contribution in [0.5, 0.6) is 0 Å². The molecule has 0 spiro atoms. The number of epoxide rings is 1. The van der Waals surface area contributed by atoms with Crippen LogP contribution in [-0.4, -0.2) is 73.2 Å². The van der Waals surface area contributed by atoms with Gasteiger partial charge >= 0.3 is 0 Å². The van der Waals surface area contributed by atoms with Gasteiger partial charge < -0.3 is 29.9 Å². The molecular formula is C26H36N4O7. The minimum Gasteiger partial charge on any atom is -0.382 e. The number of ketones is 1. The highest BCUT2D eigenvalue weighted by Gasteiger charge is 2.50. The van der Waals surface area contributed by atoms with Gasteiger partial charge in [0.25, 0.3) is 5.91 Å². The summed E-state index contributed by atoms with van der Waals surface area (Å²) in [6, 6.07) is 7.19. The van der Waals surface area contributed by atoms with Crippen molar-refractivity contribution in [2.45, 2.75) is 58.7 Å². The zero-order chi connectivity index (χ0) is 27.6. The topological polar surface area (TPSA) is 152 Å². The van der Waals surface area contributed by atoms with E-state index in [9.17, 15) is 19.2 Å². The number of aromatic nitrogens is 1. The first-order valence-electron chi connectivity index (χ1n) is 12.2. The van der Waals surface area contributed by atoms with Gasteiger partial charge in [-0.3, -0.25) is 19.2 Å². The second kappa shape index (κ2) is 13.7. The fourth-order valence-corrected chi connectivity index (χ4v) is 3.38. The predicted octanol–water partition coefficient (Wildman–Crippen LogP) is 1.26. The van der Waals surface area contributed by atoms with E-state index in [1.54, 1.807) is 13.8 Å². The van der Waals surface area contributed by atoms with Gasteiger partial charge in [0.15, 0.2) is 11.5 Å². The zero-order valence-electron chi connectivity index (χ0n) is 22.2. The number of nitrogens with zero attached hydrogens (tertiary/aromatic N) is 1.